The van der Waals surface area contributed by atoms with Crippen LogP contribution in [-0.4, -0.2) is 36.5 Å². The zero-order valence-electron chi connectivity index (χ0n) is 15.7. The molecule has 27 heavy (non-hydrogen) atoms. The van der Waals surface area contributed by atoms with Gasteiger partial charge in [-0.15, -0.1) is 24.0 Å². The molecule has 1 fully saturated rings. The van der Waals surface area contributed by atoms with E-state index in [4.69, 9.17) is 4.99 Å². The third-order valence-electron chi connectivity index (χ3n) is 4.59. The Morgan fingerprint density at radius 1 is 1.19 bits per heavy atom. The smallest absolute Gasteiger partial charge is 0.191 e. The van der Waals surface area contributed by atoms with E-state index in [0.29, 0.717) is 6.04 Å². The number of nitrogens with zero attached hydrogens (tertiary/aromatic N) is 2. The van der Waals surface area contributed by atoms with E-state index in [2.05, 4.69) is 79.5 Å². The Hall–Kier alpha value is -0.640. The number of hydrogen-bond acceptors (Lipinski definition) is 3. The van der Waals surface area contributed by atoms with Crippen molar-refractivity contribution in [1.82, 2.24) is 15.5 Å². The molecule has 3 rings (SSSR count). The van der Waals surface area contributed by atoms with Gasteiger partial charge in [-0.2, -0.15) is 11.3 Å². The topological polar surface area (TPSA) is 39.7 Å². The van der Waals surface area contributed by atoms with E-state index in [-0.39, 0.29) is 24.0 Å². The molecule has 0 aliphatic carbocycles. The minimum atomic E-state index is 0. The number of rotatable bonds is 6. The Morgan fingerprint density at radius 2 is 1.93 bits per heavy atom. The predicted molar refractivity (Wildman–Crippen MR) is 130 cm³/mol. The summed E-state index contributed by atoms with van der Waals surface area (Å²) in [7, 11) is 0. The highest BCUT2D eigenvalue weighted by Crippen LogP contribution is 2.16. The number of aliphatic imine (C=N–C) groups is 1. The maximum atomic E-state index is 4.73. The van der Waals surface area contributed by atoms with E-state index < -0.39 is 0 Å². The summed E-state index contributed by atoms with van der Waals surface area (Å²) in [5.41, 5.74) is 2.65. The van der Waals surface area contributed by atoms with E-state index in [9.17, 15) is 0 Å². The van der Waals surface area contributed by atoms with E-state index in [1.165, 1.54) is 11.1 Å². The molecule has 1 aromatic carbocycles. The Labute approximate surface area is 192 Å². The van der Waals surface area contributed by atoms with Gasteiger partial charge < -0.3 is 10.6 Å². The maximum absolute atomic E-state index is 4.73. The van der Waals surface area contributed by atoms with Gasteiger partial charge in [0.25, 0.3) is 0 Å². The standard InChI is InChI=1S/C20H27BrN4S.HI/c1-2-22-20(23-13-17-9-12-26-15-17)24-19-7-10-25(11-8-19)14-16-3-5-18(21)6-4-16;/h3-6,9,12,15,19H,2,7-8,10-11,13-14H2,1H3,(H2,22,23,24);1H. The molecule has 0 spiro atoms. The summed E-state index contributed by atoms with van der Waals surface area (Å²) in [6, 6.07) is 11.3. The van der Waals surface area contributed by atoms with Crippen LogP contribution in [0.3, 0.4) is 0 Å². The van der Waals surface area contributed by atoms with E-state index >= 15 is 0 Å². The van der Waals surface area contributed by atoms with Crippen molar-refractivity contribution in [3.63, 3.8) is 0 Å². The number of piperidine rings is 1. The van der Waals surface area contributed by atoms with Crippen LogP contribution in [0.4, 0.5) is 0 Å². The lowest BCUT2D eigenvalue weighted by atomic mass is 10.0. The summed E-state index contributed by atoms with van der Waals surface area (Å²) in [5.74, 6) is 0.935. The molecule has 1 aliphatic heterocycles. The highest BCUT2D eigenvalue weighted by molar-refractivity contribution is 14.0. The van der Waals surface area contributed by atoms with Crippen LogP contribution in [0.25, 0.3) is 0 Å². The number of guanidine groups is 1. The third kappa shape index (κ3) is 7.71. The lowest BCUT2D eigenvalue weighted by Gasteiger charge is -2.33. The van der Waals surface area contributed by atoms with Crippen molar-refractivity contribution in [3.8, 4) is 0 Å². The van der Waals surface area contributed by atoms with Gasteiger partial charge in [-0.05, 0) is 59.9 Å². The molecule has 2 aromatic rings. The van der Waals surface area contributed by atoms with Gasteiger partial charge in [-0.25, -0.2) is 4.99 Å². The Morgan fingerprint density at radius 3 is 2.56 bits per heavy atom. The highest BCUT2D eigenvalue weighted by atomic mass is 127. The van der Waals surface area contributed by atoms with Crippen LogP contribution in [0.5, 0.6) is 0 Å². The monoisotopic (exact) mass is 562 g/mol. The summed E-state index contributed by atoms with van der Waals surface area (Å²) in [5, 5.41) is 11.3. The van der Waals surface area contributed by atoms with Gasteiger partial charge in [0.2, 0.25) is 0 Å². The molecule has 2 heterocycles. The molecule has 0 amide bonds. The van der Waals surface area contributed by atoms with Crippen molar-refractivity contribution in [1.29, 1.82) is 0 Å². The van der Waals surface area contributed by atoms with Crippen molar-refractivity contribution >= 4 is 57.2 Å². The average molecular weight is 563 g/mol. The van der Waals surface area contributed by atoms with E-state index in [1.54, 1.807) is 11.3 Å². The van der Waals surface area contributed by atoms with Gasteiger partial charge in [0.15, 0.2) is 5.96 Å². The summed E-state index contributed by atoms with van der Waals surface area (Å²) in [4.78, 5) is 7.27. The Kier molecular flexibility index (Phi) is 10.1. The van der Waals surface area contributed by atoms with Gasteiger partial charge in [0.05, 0.1) is 6.54 Å². The fourth-order valence-electron chi connectivity index (χ4n) is 3.15. The minimum absolute atomic E-state index is 0. The molecule has 1 saturated heterocycles. The quantitative estimate of drug-likeness (QED) is 0.300. The number of likely N-dealkylation sites (tertiary alicyclic amines) is 1. The second kappa shape index (κ2) is 12.0. The lowest BCUT2D eigenvalue weighted by Crippen LogP contribution is -2.48. The van der Waals surface area contributed by atoms with Crippen molar-refractivity contribution < 1.29 is 0 Å². The summed E-state index contributed by atoms with van der Waals surface area (Å²) < 4.78 is 1.14. The molecule has 0 saturated carbocycles. The molecule has 0 radical (unpaired) electrons. The molecule has 0 atom stereocenters. The van der Waals surface area contributed by atoms with Crippen LogP contribution < -0.4 is 10.6 Å². The van der Waals surface area contributed by atoms with Crippen LogP contribution in [0.2, 0.25) is 0 Å². The third-order valence-corrected chi connectivity index (χ3v) is 5.85. The molecule has 148 valence electrons. The highest BCUT2D eigenvalue weighted by Gasteiger charge is 2.20. The SMILES string of the molecule is CCNC(=NCc1ccsc1)NC1CCN(Cc2ccc(Br)cc2)CC1.I. The minimum Gasteiger partial charge on any atom is -0.357 e. The average Bonchev–Trinajstić information content (AvgIpc) is 3.17. The van der Waals surface area contributed by atoms with Crippen LogP contribution in [-0.2, 0) is 13.1 Å². The molecule has 4 nitrogen and oxygen atoms in total. The summed E-state index contributed by atoms with van der Waals surface area (Å²) in [6.45, 7) is 7.02. The van der Waals surface area contributed by atoms with Crippen LogP contribution in [0, 0.1) is 0 Å². The largest absolute Gasteiger partial charge is 0.357 e. The van der Waals surface area contributed by atoms with Crippen molar-refractivity contribution in [2.75, 3.05) is 19.6 Å². The maximum Gasteiger partial charge on any atom is 0.191 e. The summed E-state index contributed by atoms with van der Waals surface area (Å²) in [6.07, 6.45) is 2.30. The van der Waals surface area contributed by atoms with Crippen molar-refractivity contribution in [2.24, 2.45) is 4.99 Å². The van der Waals surface area contributed by atoms with Gasteiger partial charge in [-0.3, -0.25) is 4.90 Å². The zero-order valence-corrected chi connectivity index (χ0v) is 20.4. The molecular formula is C20H28BrIN4S. The Balaban J connectivity index is 0.00000261. The molecule has 2 N–H and O–H groups in total. The van der Waals surface area contributed by atoms with Crippen molar-refractivity contribution in [2.45, 2.75) is 38.9 Å². The van der Waals surface area contributed by atoms with Crippen LogP contribution in [0.15, 0.2) is 50.6 Å². The summed E-state index contributed by atoms with van der Waals surface area (Å²) >= 11 is 5.22. The zero-order chi connectivity index (χ0) is 18.2. The lowest BCUT2D eigenvalue weighted by molar-refractivity contribution is 0.198. The predicted octanol–water partition coefficient (Wildman–Crippen LogP) is 4.85. The number of halogens is 2. The second-order valence-electron chi connectivity index (χ2n) is 6.65. The van der Waals surface area contributed by atoms with E-state index in [0.717, 1.165) is 56.0 Å². The molecule has 1 aromatic heterocycles. The number of benzene rings is 1. The van der Waals surface area contributed by atoms with Gasteiger partial charge in [0.1, 0.15) is 0 Å². The molecule has 0 unspecified atom stereocenters. The first-order chi connectivity index (χ1) is 12.7. The fourth-order valence-corrected chi connectivity index (χ4v) is 4.07. The van der Waals surface area contributed by atoms with Gasteiger partial charge in [-0.1, -0.05) is 28.1 Å². The fraction of sp³-hybridized carbons (Fsp3) is 0.450. The van der Waals surface area contributed by atoms with Gasteiger partial charge in [0, 0.05) is 36.7 Å². The first kappa shape index (κ1) is 22.6. The Bertz CT molecular complexity index is 683. The first-order valence-electron chi connectivity index (χ1n) is 9.25. The number of hydrogen-bond donors (Lipinski definition) is 2. The molecule has 1 aliphatic rings. The molecule has 7 heteroatoms. The van der Waals surface area contributed by atoms with Gasteiger partial charge >= 0.3 is 0 Å². The number of nitrogens with one attached hydrogen (secondary N) is 2. The second-order valence-corrected chi connectivity index (χ2v) is 8.34. The van der Waals surface area contributed by atoms with Crippen LogP contribution in [0.1, 0.15) is 30.9 Å². The normalized spacial score (nSPS) is 16.0. The first-order valence-corrected chi connectivity index (χ1v) is 11.0. The van der Waals surface area contributed by atoms with Crippen molar-refractivity contribution in [3.05, 3.63) is 56.7 Å². The molecular weight excluding hydrogens is 535 g/mol. The number of thiophene rings is 1. The van der Waals surface area contributed by atoms with E-state index in [1.807, 2.05) is 0 Å². The molecule has 0 bridgehead atoms. The van der Waals surface area contributed by atoms with Crippen LogP contribution >= 0.6 is 51.2 Å².